The summed E-state index contributed by atoms with van der Waals surface area (Å²) in [5, 5.41) is 10.2. The fourth-order valence-electron chi connectivity index (χ4n) is 5.68. The highest BCUT2D eigenvalue weighted by atomic mass is 16.3. The Hall–Kier alpha value is -4.30. The van der Waals surface area contributed by atoms with E-state index in [1.807, 2.05) is 13.8 Å². The van der Waals surface area contributed by atoms with Crippen LogP contribution in [0.4, 0.5) is 17.1 Å². The van der Waals surface area contributed by atoms with Gasteiger partial charge in [0, 0.05) is 17.1 Å². The molecule has 0 saturated heterocycles. The maximum atomic E-state index is 10.2. The molecular formula is C39H41NO. The highest BCUT2D eigenvalue weighted by Crippen LogP contribution is 2.36. The van der Waals surface area contributed by atoms with Crippen LogP contribution in [0, 0.1) is 48.5 Å². The zero-order valence-corrected chi connectivity index (χ0v) is 25.5. The first-order valence-corrected chi connectivity index (χ1v) is 14.5. The molecular weight excluding hydrogens is 498 g/mol. The van der Waals surface area contributed by atoms with E-state index in [9.17, 15) is 5.11 Å². The number of aromatic hydroxyl groups is 1. The molecule has 0 fully saturated rings. The number of hydrogen-bond donors (Lipinski definition) is 1. The highest BCUT2D eigenvalue weighted by molar-refractivity contribution is 5.77. The van der Waals surface area contributed by atoms with Gasteiger partial charge in [0.2, 0.25) is 0 Å². The van der Waals surface area contributed by atoms with Gasteiger partial charge in [-0.3, -0.25) is 0 Å². The first kappa shape index (κ1) is 28.2. The lowest BCUT2D eigenvalue weighted by atomic mass is 9.96. The predicted octanol–water partition coefficient (Wildman–Crippen LogP) is 10.2. The molecule has 2 nitrogen and oxygen atoms in total. The van der Waals surface area contributed by atoms with Gasteiger partial charge in [-0.2, -0.15) is 0 Å². The molecule has 0 spiro atoms. The number of aryl methyl sites for hydroxylation is 6. The molecule has 2 heteroatoms. The molecule has 0 aromatic heterocycles. The number of phenolic OH excluding ortho intramolecular Hbond substituents is 1. The van der Waals surface area contributed by atoms with Crippen LogP contribution < -0.4 is 4.90 Å². The Labute approximate surface area is 245 Å². The van der Waals surface area contributed by atoms with E-state index in [-0.39, 0.29) is 0 Å². The van der Waals surface area contributed by atoms with Crippen LogP contribution in [-0.2, 0) is 12.8 Å². The van der Waals surface area contributed by atoms with Crippen molar-refractivity contribution in [1.82, 2.24) is 0 Å². The predicted molar refractivity (Wildman–Crippen MR) is 174 cm³/mol. The summed E-state index contributed by atoms with van der Waals surface area (Å²) < 4.78 is 0. The van der Waals surface area contributed by atoms with Crippen molar-refractivity contribution in [2.45, 2.75) is 61.3 Å². The van der Waals surface area contributed by atoms with Crippen LogP contribution in [0.1, 0.15) is 61.2 Å². The molecule has 0 heterocycles. The van der Waals surface area contributed by atoms with Gasteiger partial charge in [0.05, 0.1) is 0 Å². The van der Waals surface area contributed by atoms with Gasteiger partial charge >= 0.3 is 0 Å². The number of phenols is 1. The van der Waals surface area contributed by atoms with Crippen molar-refractivity contribution in [2.24, 2.45) is 0 Å². The SMILES string of the molecule is Cc1ccc(N(c2ccc(Cc3cc(C)c(C)c(C)c3)cc2)c2ccc(Cc3cc(C)c(O)c(C)c3)cc2)cc1C. The van der Waals surface area contributed by atoms with Crippen molar-refractivity contribution in [3.05, 3.63) is 152 Å². The van der Waals surface area contributed by atoms with Gasteiger partial charge in [-0.1, -0.05) is 54.6 Å². The van der Waals surface area contributed by atoms with Crippen molar-refractivity contribution in [1.29, 1.82) is 0 Å². The smallest absolute Gasteiger partial charge is 0.121 e. The normalized spacial score (nSPS) is 11.1. The minimum atomic E-state index is 0.392. The fourth-order valence-corrected chi connectivity index (χ4v) is 5.68. The summed E-state index contributed by atoms with van der Waals surface area (Å²) >= 11 is 0. The number of hydrogen-bond acceptors (Lipinski definition) is 2. The van der Waals surface area contributed by atoms with Gasteiger partial charge in [-0.15, -0.1) is 0 Å². The molecule has 0 radical (unpaired) electrons. The van der Waals surface area contributed by atoms with Gasteiger partial charge < -0.3 is 10.0 Å². The van der Waals surface area contributed by atoms with Crippen LogP contribution in [0.5, 0.6) is 5.75 Å². The molecule has 5 aromatic carbocycles. The van der Waals surface area contributed by atoms with Crippen molar-refractivity contribution in [3.63, 3.8) is 0 Å². The molecule has 0 unspecified atom stereocenters. The zero-order chi connectivity index (χ0) is 29.3. The third-order valence-electron chi connectivity index (χ3n) is 8.49. The summed E-state index contributed by atoms with van der Waals surface area (Å²) in [5.41, 5.74) is 17.1. The Morgan fingerprint density at radius 2 is 0.829 bits per heavy atom. The molecule has 1 N–H and O–H groups in total. The molecule has 41 heavy (non-hydrogen) atoms. The molecule has 0 aliphatic rings. The Balaban J connectivity index is 1.45. The third-order valence-corrected chi connectivity index (χ3v) is 8.49. The van der Waals surface area contributed by atoms with Crippen LogP contribution in [0.25, 0.3) is 0 Å². The van der Waals surface area contributed by atoms with Gasteiger partial charge in [0.15, 0.2) is 0 Å². The number of nitrogens with zero attached hydrogens (tertiary/aromatic N) is 1. The van der Waals surface area contributed by atoms with E-state index in [0.29, 0.717) is 5.75 Å². The lowest BCUT2D eigenvalue weighted by molar-refractivity contribution is 0.466. The Morgan fingerprint density at radius 1 is 0.415 bits per heavy atom. The van der Waals surface area contributed by atoms with Crippen LogP contribution in [0.3, 0.4) is 0 Å². The van der Waals surface area contributed by atoms with Gasteiger partial charge in [0.1, 0.15) is 5.75 Å². The lowest BCUT2D eigenvalue weighted by Gasteiger charge is -2.26. The summed E-state index contributed by atoms with van der Waals surface area (Å²) in [6.45, 7) is 14.9. The van der Waals surface area contributed by atoms with Gasteiger partial charge in [-0.25, -0.2) is 0 Å². The third kappa shape index (κ3) is 6.23. The van der Waals surface area contributed by atoms with Crippen LogP contribution in [0.15, 0.2) is 91.0 Å². The summed E-state index contributed by atoms with van der Waals surface area (Å²) in [6, 6.07) is 33.4. The minimum absolute atomic E-state index is 0.392. The van der Waals surface area contributed by atoms with Crippen molar-refractivity contribution in [2.75, 3.05) is 4.90 Å². The Bertz CT molecular complexity index is 1540. The molecule has 0 amide bonds. The van der Waals surface area contributed by atoms with Crippen LogP contribution in [0.2, 0.25) is 0 Å². The summed E-state index contributed by atoms with van der Waals surface area (Å²) in [6.07, 6.45) is 1.76. The van der Waals surface area contributed by atoms with Crippen molar-refractivity contribution >= 4 is 17.1 Å². The Morgan fingerprint density at radius 3 is 1.27 bits per heavy atom. The molecule has 0 aliphatic carbocycles. The van der Waals surface area contributed by atoms with Crippen LogP contribution >= 0.6 is 0 Å². The number of rotatable bonds is 7. The maximum absolute atomic E-state index is 10.2. The first-order chi connectivity index (χ1) is 19.6. The van der Waals surface area contributed by atoms with Crippen molar-refractivity contribution < 1.29 is 5.11 Å². The van der Waals surface area contributed by atoms with Gasteiger partial charge in [0.25, 0.3) is 0 Å². The fraction of sp³-hybridized carbons (Fsp3) is 0.231. The molecule has 5 aromatic rings. The van der Waals surface area contributed by atoms with Gasteiger partial charge in [-0.05, 0) is 159 Å². The molecule has 0 aliphatic heterocycles. The molecule has 5 rings (SSSR count). The molecule has 208 valence electrons. The minimum Gasteiger partial charge on any atom is -0.507 e. The summed E-state index contributed by atoms with van der Waals surface area (Å²) in [5.74, 6) is 0.392. The highest BCUT2D eigenvalue weighted by Gasteiger charge is 2.14. The maximum Gasteiger partial charge on any atom is 0.121 e. The van der Waals surface area contributed by atoms with Crippen molar-refractivity contribution in [3.8, 4) is 5.75 Å². The number of benzene rings is 5. The second-order valence-electron chi connectivity index (χ2n) is 11.7. The van der Waals surface area contributed by atoms with Crippen LogP contribution in [-0.4, -0.2) is 5.11 Å². The van der Waals surface area contributed by atoms with E-state index in [4.69, 9.17) is 0 Å². The molecule has 0 bridgehead atoms. The zero-order valence-electron chi connectivity index (χ0n) is 25.5. The van der Waals surface area contributed by atoms with E-state index < -0.39 is 0 Å². The monoisotopic (exact) mass is 539 g/mol. The quantitative estimate of drug-likeness (QED) is 0.222. The standard InChI is InChI=1S/C39H41NO/c1-25-8-13-38(22-26(25)2)40(36-14-9-32(10-15-36)23-34-18-27(3)31(7)28(4)19-34)37-16-11-33(12-17-37)24-35-20-29(5)39(41)30(6)21-35/h8-22,41H,23-24H2,1-7H3. The van der Waals surface area contributed by atoms with E-state index in [2.05, 4.69) is 131 Å². The average molecular weight is 540 g/mol. The van der Waals surface area contributed by atoms with E-state index in [1.54, 1.807) is 0 Å². The van der Waals surface area contributed by atoms with E-state index >= 15 is 0 Å². The second-order valence-corrected chi connectivity index (χ2v) is 11.7. The largest absolute Gasteiger partial charge is 0.507 e. The topological polar surface area (TPSA) is 23.5 Å². The summed E-state index contributed by atoms with van der Waals surface area (Å²) in [7, 11) is 0. The Kier molecular flexibility index (Phi) is 8.03. The van der Waals surface area contributed by atoms with E-state index in [0.717, 1.165) is 41.0 Å². The average Bonchev–Trinajstić information content (AvgIpc) is 2.94. The first-order valence-electron chi connectivity index (χ1n) is 14.5. The summed E-state index contributed by atoms with van der Waals surface area (Å²) in [4.78, 5) is 2.34. The second kappa shape index (κ2) is 11.7. The number of anilines is 3. The molecule has 0 atom stereocenters. The lowest BCUT2D eigenvalue weighted by Crippen LogP contribution is -2.10. The van der Waals surface area contributed by atoms with E-state index in [1.165, 1.54) is 50.1 Å². The molecule has 0 saturated carbocycles.